The Morgan fingerprint density at radius 3 is 2.90 bits per heavy atom. The summed E-state index contributed by atoms with van der Waals surface area (Å²) in [5.74, 6) is -0.241. The van der Waals surface area contributed by atoms with E-state index >= 15 is 0 Å². The van der Waals surface area contributed by atoms with E-state index in [1.54, 1.807) is 30.6 Å². The molecule has 1 amide bonds. The van der Waals surface area contributed by atoms with Crippen LogP contribution in [0.3, 0.4) is 0 Å². The number of benzene rings is 1. The SMILES string of the molecule is CC1OCCC1(O)CNC(=O)c1ccc2nccnc2c1. The van der Waals surface area contributed by atoms with Gasteiger partial charge < -0.3 is 15.2 Å². The monoisotopic (exact) mass is 287 g/mol. The van der Waals surface area contributed by atoms with Crippen LogP contribution in [0.5, 0.6) is 0 Å². The molecular formula is C15H17N3O3. The van der Waals surface area contributed by atoms with Gasteiger partial charge in [0.05, 0.1) is 17.1 Å². The van der Waals surface area contributed by atoms with Crippen LogP contribution in [0.1, 0.15) is 23.7 Å². The molecular weight excluding hydrogens is 270 g/mol. The second kappa shape index (κ2) is 5.38. The summed E-state index contributed by atoms with van der Waals surface area (Å²) < 4.78 is 5.34. The summed E-state index contributed by atoms with van der Waals surface area (Å²) in [6.07, 6.45) is 3.45. The summed E-state index contributed by atoms with van der Waals surface area (Å²) in [5.41, 5.74) is 0.914. The molecule has 1 fully saturated rings. The number of hydrogen-bond acceptors (Lipinski definition) is 5. The van der Waals surface area contributed by atoms with E-state index < -0.39 is 5.60 Å². The zero-order chi connectivity index (χ0) is 14.9. The summed E-state index contributed by atoms with van der Waals surface area (Å²) in [7, 11) is 0. The molecule has 0 aliphatic carbocycles. The van der Waals surface area contributed by atoms with Crippen molar-refractivity contribution in [2.24, 2.45) is 0 Å². The molecule has 2 N–H and O–H groups in total. The summed E-state index contributed by atoms with van der Waals surface area (Å²) in [6.45, 7) is 2.50. The van der Waals surface area contributed by atoms with Crippen molar-refractivity contribution in [3.63, 3.8) is 0 Å². The molecule has 6 heteroatoms. The Kier molecular flexibility index (Phi) is 3.57. The Morgan fingerprint density at radius 1 is 1.43 bits per heavy atom. The van der Waals surface area contributed by atoms with Crippen molar-refractivity contribution < 1.29 is 14.6 Å². The Hall–Kier alpha value is -2.05. The average molecular weight is 287 g/mol. The molecule has 2 heterocycles. The molecule has 0 spiro atoms. The van der Waals surface area contributed by atoms with Crippen molar-refractivity contribution in [2.45, 2.75) is 25.0 Å². The number of nitrogens with zero attached hydrogens (tertiary/aromatic N) is 2. The van der Waals surface area contributed by atoms with Gasteiger partial charge in [-0.05, 0) is 25.1 Å². The lowest BCUT2D eigenvalue weighted by Crippen LogP contribution is -2.47. The molecule has 1 aromatic carbocycles. The highest BCUT2D eigenvalue weighted by atomic mass is 16.5. The third-order valence-corrected chi connectivity index (χ3v) is 3.95. The largest absolute Gasteiger partial charge is 0.385 e. The first-order valence-corrected chi connectivity index (χ1v) is 6.91. The zero-order valence-electron chi connectivity index (χ0n) is 11.7. The van der Waals surface area contributed by atoms with Crippen LogP contribution >= 0.6 is 0 Å². The first-order chi connectivity index (χ1) is 10.1. The van der Waals surface area contributed by atoms with Crippen molar-refractivity contribution in [1.82, 2.24) is 15.3 Å². The number of carbonyl (C=O) groups excluding carboxylic acids is 1. The summed E-state index contributed by atoms with van der Waals surface area (Å²) >= 11 is 0. The minimum absolute atomic E-state index is 0.172. The number of amides is 1. The van der Waals surface area contributed by atoms with Crippen LogP contribution in [0.4, 0.5) is 0 Å². The third-order valence-electron chi connectivity index (χ3n) is 3.95. The predicted octanol–water partition coefficient (Wildman–Crippen LogP) is 0.899. The van der Waals surface area contributed by atoms with Gasteiger partial charge in [0, 0.05) is 37.5 Å². The van der Waals surface area contributed by atoms with Crippen LogP contribution in [-0.4, -0.2) is 45.8 Å². The van der Waals surface area contributed by atoms with Crippen molar-refractivity contribution in [1.29, 1.82) is 0 Å². The first kappa shape index (κ1) is 13.9. The molecule has 0 radical (unpaired) electrons. The first-order valence-electron chi connectivity index (χ1n) is 6.91. The van der Waals surface area contributed by atoms with Gasteiger partial charge in [-0.1, -0.05) is 0 Å². The second-order valence-corrected chi connectivity index (χ2v) is 5.31. The molecule has 3 rings (SSSR count). The highest BCUT2D eigenvalue weighted by Gasteiger charge is 2.39. The number of aromatic nitrogens is 2. The van der Waals surface area contributed by atoms with Gasteiger partial charge in [0.1, 0.15) is 5.60 Å². The topological polar surface area (TPSA) is 84.3 Å². The van der Waals surface area contributed by atoms with Crippen LogP contribution in [0.15, 0.2) is 30.6 Å². The van der Waals surface area contributed by atoms with E-state index in [1.165, 1.54) is 0 Å². The smallest absolute Gasteiger partial charge is 0.251 e. The Balaban J connectivity index is 1.72. The summed E-state index contributed by atoms with van der Waals surface area (Å²) in [5, 5.41) is 13.1. The maximum absolute atomic E-state index is 12.2. The molecule has 0 bridgehead atoms. The fraction of sp³-hybridized carbons (Fsp3) is 0.400. The van der Waals surface area contributed by atoms with Gasteiger partial charge in [-0.25, -0.2) is 0 Å². The van der Waals surface area contributed by atoms with Gasteiger partial charge in [0.2, 0.25) is 0 Å². The highest BCUT2D eigenvalue weighted by Crippen LogP contribution is 2.24. The van der Waals surface area contributed by atoms with E-state index in [9.17, 15) is 9.90 Å². The van der Waals surface area contributed by atoms with Crippen LogP contribution in [-0.2, 0) is 4.74 Å². The van der Waals surface area contributed by atoms with Gasteiger partial charge in [0.15, 0.2) is 0 Å². The molecule has 1 aliphatic heterocycles. The highest BCUT2D eigenvalue weighted by molar-refractivity contribution is 5.97. The van der Waals surface area contributed by atoms with Crippen molar-refractivity contribution in [2.75, 3.05) is 13.2 Å². The lowest BCUT2D eigenvalue weighted by atomic mass is 9.96. The molecule has 2 atom stereocenters. The maximum atomic E-state index is 12.2. The molecule has 6 nitrogen and oxygen atoms in total. The van der Waals surface area contributed by atoms with Gasteiger partial charge in [0.25, 0.3) is 5.91 Å². The van der Waals surface area contributed by atoms with Crippen LogP contribution in [0.25, 0.3) is 11.0 Å². The fourth-order valence-corrected chi connectivity index (χ4v) is 2.44. The minimum atomic E-state index is -0.994. The normalized spacial score (nSPS) is 25.1. The van der Waals surface area contributed by atoms with Crippen LogP contribution < -0.4 is 5.32 Å². The molecule has 1 saturated heterocycles. The van der Waals surface area contributed by atoms with Gasteiger partial charge in [-0.15, -0.1) is 0 Å². The average Bonchev–Trinajstić information content (AvgIpc) is 2.84. The van der Waals surface area contributed by atoms with Gasteiger partial charge in [-0.2, -0.15) is 0 Å². The quantitative estimate of drug-likeness (QED) is 0.876. The maximum Gasteiger partial charge on any atom is 0.251 e. The van der Waals surface area contributed by atoms with E-state index in [0.29, 0.717) is 24.1 Å². The van der Waals surface area contributed by atoms with Crippen LogP contribution in [0.2, 0.25) is 0 Å². The van der Waals surface area contributed by atoms with Crippen molar-refractivity contribution in [3.8, 4) is 0 Å². The number of rotatable bonds is 3. The lowest BCUT2D eigenvalue weighted by Gasteiger charge is -2.26. The Morgan fingerprint density at radius 2 is 2.19 bits per heavy atom. The molecule has 2 unspecified atom stereocenters. The fourth-order valence-electron chi connectivity index (χ4n) is 2.44. The molecule has 1 aliphatic rings. The summed E-state index contributed by atoms with van der Waals surface area (Å²) in [4.78, 5) is 20.5. The van der Waals surface area contributed by atoms with Crippen LogP contribution in [0, 0.1) is 0 Å². The van der Waals surface area contributed by atoms with E-state index in [0.717, 1.165) is 5.52 Å². The molecule has 1 aromatic heterocycles. The number of aliphatic hydroxyl groups is 1. The van der Waals surface area contributed by atoms with E-state index in [4.69, 9.17) is 4.74 Å². The van der Waals surface area contributed by atoms with E-state index in [2.05, 4.69) is 15.3 Å². The van der Waals surface area contributed by atoms with Gasteiger partial charge in [-0.3, -0.25) is 14.8 Å². The zero-order valence-corrected chi connectivity index (χ0v) is 11.7. The number of hydrogen-bond donors (Lipinski definition) is 2. The minimum Gasteiger partial charge on any atom is -0.385 e. The van der Waals surface area contributed by atoms with E-state index in [1.807, 2.05) is 6.92 Å². The number of fused-ring (bicyclic) bond motifs is 1. The number of ether oxygens (including phenoxy) is 1. The molecule has 0 saturated carbocycles. The molecule has 21 heavy (non-hydrogen) atoms. The molecule has 2 aromatic rings. The van der Waals surface area contributed by atoms with Crippen molar-refractivity contribution in [3.05, 3.63) is 36.2 Å². The van der Waals surface area contributed by atoms with Gasteiger partial charge >= 0.3 is 0 Å². The van der Waals surface area contributed by atoms with E-state index in [-0.39, 0.29) is 18.6 Å². The Bertz CT molecular complexity index is 676. The van der Waals surface area contributed by atoms with Crippen molar-refractivity contribution >= 4 is 16.9 Å². The summed E-state index contributed by atoms with van der Waals surface area (Å²) in [6, 6.07) is 5.15. The molecule has 110 valence electrons. The number of carbonyl (C=O) groups is 1. The Labute approximate surface area is 122 Å². The number of nitrogens with one attached hydrogen (secondary N) is 1. The second-order valence-electron chi connectivity index (χ2n) is 5.31. The third kappa shape index (κ3) is 2.72. The predicted molar refractivity (Wildman–Crippen MR) is 76.9 cm³/mol. The standard InChI is InChI=1S/C15H17N3O3/c1-10-15(20,4-7-21-10)9-18-14(19)11-2-3-12-13(8-11)17-6-5-16-12/h2-3,5-6,8,10,20H,4,7,9H2,1H3,(H,18,19). The lowest BCUT2D eigenvalue weighted by molar-refractivity contribution is -0.0251.